The second-order valence-corrected chi connectivity index (χ2v) is 5.57. The Kier molecular flexibility index (Phi) is 2.28. The number of hydrogen-bond acceptors (Lipinski definition) is 4. The minimum absolute atomic E-state index is 0.523. The molecule has 0 bridgehead atoms. The second-order valence-electron chi connectivity index (χ2n) is 5.57. The topological polar surface area (TPSA) is 59.2 Å². The molecule has 1 aromatic heterocycles. The van der Waals surface area contributed by atoms with Gasteiger partial charge in [0, 0.05) is 5.92 Å². The summed E-state index contributed by atoms with van der Waals surface area (Å²) in [5.74, 6) is 2.58. The van der Waals surface area contributed by atoms with Crippen molar-refractivity contribution in [2.24, 2.45) is 5.92 Å². The molecule has 0 aliphatic heterocycles. The highest BCUT2D eigenvalue weighted by atomic mass is 16.5. The van der Waals surface area contributed by atoms with Crippen molar-refractivity contribution >= 4 is 0 Å². The van der Waals surface area contributed by atoms with Crippen molar-refractivity contribution in [2.45, 2.75) is 57.0 Å². The number of aromatic nitrogens is 2. The van der Waals surface area contributed by atoms with Gasteiger partial charge in [0.15, 0.2) is 5.82 Å². The molecule has 88 valence electrons. The van der Waals surface area contributed by atoms with Crippen LogP contribution in [-0.2, 0) is 6.42 Å². The van der Waals surface area contributed by atoms with Gasteiger partial charge in [0.05, 0.1) is 12.0 Å². The highest BCUT2D eigenvalue weighted by molar-refractivity contribution is 5.05. The maximum Gasteiger partial charge on any atom is 0.229 e. The van der Waals surface area contributed by atoms with Gasteiger partial charge in [0.2, 0.25) is 5.89 Å². The third-order valence-electron chi connectivity index (χ3n) is 3.74. The van der Waals surface area contributed by atoms with E-state index in [-0.39, 0.29) is 0 Å². The lowest BCUT2D eigenvalue weighted by Crippen LogP contribution is -2.27. The number of hydrogen-bond donors (Lipinski definition) is 1. The molecule has 2 aliphatic rings. The van der Waals surface area contributed by atoms with Crippen molar-refractivity contribution in [1.29, 1.82) is 0 Å². The molecule has 3 rings (SSSR count). The summed E-state index contributed by atoms with van der Waals surface area (Å²) in [6, 6.07) is 0. The standard InChI is InChI=1S/C12H18N2O2/c1-8-4-5-12(15,6-8)7-10-13-11(14-16-10)9-2-3-9/h8-9,15H,2-7H2,1H3/t8-,12+/m0/s1. The van der Waals surface area contributed by atoms with Gasteiger partial charge in [-0.15, -0.1) is 0 Å². The number of aliphatic hydroxyl groups is 1. The highest BCUT2D eigenvalue weighted by Crippen LogP contribution is 2.39. The van der Waals surface area contributed by atoms with E-state index in [0.29, 0.717) is 24.1 Å². The molecule has 0 spiro atoms. The minimum atomic E-state index is -0.604. The normalized spacial score (nSPS) is 34.5. The van der Waals surface area contributed by atoms with Gasteiger partial charge >= 0.3 is 0 Å². The Balaban J connectivity index is 1.68. The Hall–Kier alpha value is -0.900. The van der Waals surface area contributed by atoms with Crippen molar-refractivity contribution in [3.8, 4) is 0 Å². The Morgan fingerprint density at radius 2 is 2.25 bits per heavy atom. The predicted molar refractivity (Wildman–Crippen MR) is 57.9 cm³/mol. The van der Waals surface area contributed by atoms with Crippen LogP contribution in [0.25, 0.3) is 0 Å². The molecule has 0 radical (unpaired) electrons. The van der Waals surface area contributed by atoms with Crippen LogP contribution < -0.4 is 0 Å². The van der Waals surface area contributed by atoms with Crippen molar-refractivity contribution in [2.75, 3.05) is 0 Å². The Labute approximate surface area is 95.0 Å². The molecule has 4 nitrogen and oxygen atoms in total. The van der Waals surface area contributed by atoms with Crippen LogP contribution in [0.15, 0.2) is 4.52 Å². The SMILES string of the molecule is C[C@H]1CC[C@](O)(Cc2nc(C3CC3)no2)C1. The zero-order chi connectivity index (χ0) is 11.2. The molecule has 2 atom stereocenters. The van der Waals surface area contributed by atoms with Crippen LogP contribution in [-0.4, -0.2) is 20.8 Å². The molecule has 16 heavy (non-hydrogen) atoms. The fourth-order valence-corrected chi connectivity index (χ4v) is 2.66. The molecule has 2 saturated carbocycles. The van der Waals surface area contributed by atoms with Crippen molar-refractivity contribution in [3.63, 3.8) is 0 Å². The van der Waals surface area contributed by atoms with E-state index < -0.39 is 5.60 Å². The quantitative estimate of drug-likeness (QED) is 0.850. The number of nitrogens with zero attached hydrogens (tertiary/aromatic N) is 2. The Bertz CT molecular complexity index is 386. The van der Waals surface area contributed by atoms with Gasteiger partial charge in [-0.2, -0.15) is 4.98 Å². The van der Waals surface area contributed by atoms with Crippen LogP contribution in [0.2, 0.25) is 0 Å². The lowest BCUT2D eigenvalue weighted by Gasteiger charge is -2.19. The Morgan fingerprint density at radius 3 is 2.88 bits per heavy atom. The first-order chi connectivity index (χ1) is 7.65. The molecule has 0 saturated heterocycles. The molecule has 2 aliphatic carbocycles. The second kappa shape index (κ2) is 3.55. The van der Waals surface area contributed by atoms with Gasteiger partial charge in [-0.05, 0) is 38.0 Å². The van der Waals surface area contributed by atoms with Crippen LogP contribution in [0.1, 0.15) is 56.7 Å². The first-order valence-electron chi connectivity index (χ1n) is 6.19. The van der Waals surface area contributed by atoms with Crippen molar-refractivity contribution < 1.29 is 9.63 Å². The van der Waals surface area contributed by atoms with E-state index >= 15 is 0 Å². The summed E-state index contributed by atoms with van der Waals surface area (Å²) >= 11 is 0. The summed E-state index contributed by atoms with van der Waals surface area (Å²) in [5, 5.41) is 14.3. The summed E-state index contributed by atoms with van der Waals surface area (Å²) in [7, 11) is 0. The maximum atomic E-state index is 10.4. The van der Waals surface area contributed by atoms with E-state index in [1.807, 2.05) is 0 Å². The monoisotopic (exact) mass is 222 g/mol. The first kappa shape index (κ1) is 10.3. The molecular formula is C12H18N2O2. The van der Waals surface area contributed by atoms with Crippen LogP contribution in [0.4, 0.5) is 0 Å². The average molecular weight is 222 g/mol. The van der Waals surface area contributed by atoms with Gasteiger partial charge < -0.3 is 9.63 Å². The van der Waals surface area contributed by atoms with Gasteiger partial charge in [-0.25, -0.2) is 0 Å². The third-order valence-corrected chi connectivity index (χ3v) is 3.74. The summed E-state index contributed by atoms with van der Waals surface area (Å²) in [4.78, 5) is 4.37. The molecule has 0 amide bonds. The molecule has 1 N–H and O–H groups in total. The molecule has 0 unspecified atom stereocenters. The van der Waals surface area contributed by atoms with E-state index in [1.165, 1.54) is 12.8 Å². The van der Waals surface area contributed by atoms with Gasteiger partial charge in [0.25, 0.3) is 0 Å². The van der Waals surface area contributed by atoms with Crippen LogP contribution in [0.3, 0.4) is 0 Å². The lowest BCUT2D eigenvalue weighted by molar-refractivity contribution is 0.0368. The van der Waals surface area contributed by atoms with E-state index in [9.17, 15) is 5.11 Å². The first-order valence-corrected chi connectivity index (χ1v) is 6.19. The zero-order valence-corrected chi connectivity index (χ0v) is 9.65. The van der Waals surface area contributed by atoms with E-state index in [1.54, 1.807) is 0 Å². The molecule has 1 heterocycles. The summed E-state index contributed by atoms with van der Waals surface area (Å²) in [5.41, 5.74) is -0.604. The maximum absolute atomic E-state index is 10.4. The summed E-state index contributed by atoms with van der Waals surface area (Å²) in [6.45, 7) is 2.18. The van der Waals surface area contributed by atoms with E-state index in [2.05, 4.69) is 17.1 Å². The molecule has 1 aromatic rings. The van der Waals surface area contributed by atoms with Crippen LogP contribution in [0, 0.1) is 5.92 Å². The fraction of sp³-hybridized carbons (Fsp3) is 0.833. The smallest absolute Gasteiger partial charge is 0.229 e. The lowest BCUT2D eigenvalue weighted by atomic mass is 9.97. The van der Waals surface area contributed by atoms with Crippen molar-refractivity contribution in [1.82, 2.24) is 10.1 Å². The zero-order valence-electron chi connectivity index (χ0n) is 9.65. The van der Waals surface area contributed by atoms with Crippen LogP contribution in [0.5, 0.6) is 0 Å². The van der Waals surface area contributed by atoms with Gasteiger partial charge in [0.1, 0.15) is 0 Å². The van der Waals surface area contributed by atoms with Crippen molar-refractivity contribution in [3.05, 3.63) is 11.7 Å². The highest BCUT2D eigenvalue weighted by Gasteiger charge is 2.37. The third kappa shape index (κ3) is 1.98. The molecule has 4 heteroatoms. The molecule has 2 fully saturated rings. The largest absolute Gasteiger partial charge is 0.389 e. The number of rotatable bonds is 3. The fourth-order valence-electron chi connectivity index (χ4n) is 2.66. The van der Waals surface area contributed by atoms with Gasteiger partial charge in [-0.3, -0.25) is 0 Å². The van der Waals surface area contributed by atoms with E-state index in [0.717, 1.165) is 25.1 Å². The predicted octanol–water partition coefficient (Wildman–Crippen LogP) is 2.04. The van der Waals surface area contributed by atoms with E-state index in [4.69, 9.17) is 4.52 Å². The molecular weight excluding hydrogens is 204 g/mol. The Morgan fingerprint density at radius 1 is 1.44 bits per heavy atom. The summed E-state index contributed by atoms with van der Waals surface area (Å²) in [6.07, 6.45) is 5.70. The van der Waals surface area contributed by atoms with Crippen LogP contribution >= 0.6 is 0 Å². The average Bonchev–Trinajstić information content (AvgIpc) is 2.89. The molecule has 0 aromatic carbocycles. The minimum Gasteiger partial charge on any atom is -0.389 e. The van der Waals surface area contributed by atoms with Gasteiger partial charge in [-0.1, -0.05) is 12.1 Å². The summed E-state index contributed by atoms with van der Waals surface area (Å²) < 4.78 is 5.21.